The van der Waals surface area contributed by atoms with Crippen LogP contribution in [0.1, 0.15) is 15.9 Å². The smallest absolute Gasteiger partial charge is 0.475 e. The molecule has 2 saturated heterocycles. The second-order valence-electron chi connectivity index (χ2n) is 10.7. The lowest BCUT2D eigenvalue weighted by atomic mass is 10.1. The summed E-state index contributed by atoms with van der Waals surface area (Å²) in [6.07, 6.45) is -25.4. The third-order valence-corrected chi connectivity index (χ3v) is 6.13. The van der Waals surface area contributed by atoms with Crippen molar-refractivity contribution in [2.45, 2.75) is 37.4 Å². The quantitative estimate of drug-likeness (QED) is 0.224. The van der Waals surface area contributed by atoms with Gasteiger partial charge in [0, 0.05) is 64.5 Å². The van der Waals surface area contributed by atoms with Gasteiger partial charge in [0.25, 0.3) is 0 Å². The molecule has 2 fully saturated rings. The number of benzene rings is 1. The molecule has 0 aromatic heterocycles. The third kappa shape index (κ3) is 31.5. The molecule has 1 aromatic rings. The van der Waals surface area contributed by atoms with Gasteiger partial charge in [-0.15, -0.1) is 0 Å². The lowest BCUT2D eigenvalue weighted by Crippen LogP contribution is -2.49. The van der Waals surface area contributed by atoms with Gasteiger partial charge in [-0.2, -0.15) is 65.9 Å². The topological polar surface area (TPSA) is 249 Å². The molecule has 3 rings (SSSR count). The molecule has 1 amide bonds. The molecule has 0 aliphatic carbocycles. The van der Waals surface area contributed by atoms with E-state index in [4.69, 9.17) is 60.0 Å². The Labute approximate surface area is 320 Å². The van der Waals surface area contributed by atoms with Gasteiger partial charge >= 0.3 is 60.7 Å². The number of morpholine rings is 1. The first-order valence-electron chi connectivity index (χ1n) is 15.1. The first-order valence-corrected chi connectivity index (χ1v) is 15.1. The fraction of sp³-hybridized carbons (Fsp3) is 0.571. The molecule has 2 aliphatic heterocycles. The Balaban J connectivity index is -0.000000739. The highest BCUT2D eigenvalue weighted by molar-refractivity contribution is 5.92. The molecule has 0 saturated carbocycles. The number of nitrogens with zero attached hydrogens (tertiary/aromatic N) is 3. The Morgan fingerprint density at radius 1 is 0.508 bits per heavy atom. The van der Waals surface area contributed by atoms with E-state index in [1.165, 1.54) is 0 Å². The van der Waals surface area contributed by atoms with Crippen LogP contribution in [0.3, 0.4) is 0 Å². The summed E-state index contributed by atoms with van der Waals surface area (Å²) in [4.78, 5) is 63.2. The van der Waals surface area contributed by atoms with Gasteiger partial charge in [-0.25, -0.2) is 24.0 Å². The van der Waals surface area contributed by atoms with E-state index in [9.17, 15) is 70.7 Å². The van der Waals surface area contributed by atoms with Crippen LogP contribution in [-0.2, 0) is 35.3 Å². The first-order chi connectivity index (χ1) is 26.4. The number of piperazine rings is 1. The normalized spacial score (nSPS) is 15.2. The number of hydrogen-bond acceptors (Lipinski definition) is 10. The number of aliphatic carboxylic acids is 5. The lowest BCUT2D eigenvalue weighted by Gasteiger charge is -2.36. The van der Waals surface area contributed by atoms with Gasteiger partial charge in [0.1, 0.15) is 0 Å². The maximum atomic E-state index is 11.3. The number of nitrogens with two attached hydrogens (primary N) is 1. The van der Waals surface area contributed by atoms with Crippen molar-refractivity contribution in [1.82, 2.24) is 14.7 Å². The number of ether oxygens (including phenoxy) is 1. The van der Waals surface area contributed by atoms with Crippen molar-refractivity contribution >= 4 is 35.8 Å². The van der Waals surface area contributed by atoms with Gasteiger partial charge in [0.15, 0.2) is 0 Å². The summed E-state index contributed by atoms with van der Waals surface area (Å²) >= 11 is 0. The van der Waals surface area contributed by atoms with Crippen LogP contribution in [-0.4, -0.2) is 172 Å². The average Bonchev–Trinajstić information content (AvgIpc) is 3.08. The van der Waals surface area contributed by atoms with Crippen molar-refractivity contribution in [3.63, 3.8) is 0 Å². The third-order valence-electron chi connectivity index (χ3n) is 6.13. The average molecular weight is 903 g/mol. The lowest BCUT2D eigenvalue weighted by molar-refractivity contribution is -0.193. The van der Waals surface area contributed by atoms with E-state index in [2.05, 4.69) is 20.8 Å². The van der Waals surface area contributed by atoms with Crippen LogP contribution >= 0.6 is 0 Å². The zero-order valence-electron chi connectivity index (χ0n) is 29.3. The van der Waals surface area contributed by atoms with Crippen LogP contribution in [0.15, 0.2) is 24.3 Å². The van der Waals surface area contributed by atoms with Crippen LogP contribution in [0.5, 0.6) is 0 Å². The Morgan fingerprint density at radius 3 is 1.05 bits per heavy atom. The highest BCUT2D eigenvalue weighted by atomic mass is 19.4. The molecular weight excluding hydrogens is 869 g/mol. The van der Waals surface area contributed by atoms with Gasteiger partial charge < -0.3 is 36.0 Å². The number of rotatable bonds is 6. The second kappa shape index (κ2) is 26.0. The van der Waals surface area contributed by atoms with Gasteiger partial charge in [-0.05, 0) is 17.7 Å². The predicted octanol–water partition coefficient (Wildman–Crippen LogP) is 3.40. The highest BCUT2D eigenvalue weighted by Gasteiger charge is 2.40. The number of halogens is 15. The highest BCUT2D eigenvalue weighted by Crippen LogP contribution is 2.16. The Hall–Kier alpha value is -5.17. The molecule has 0 spiro atoms. The van der Waals surface area contributed by atoms with Crippen molar-refractivity contribution in [2.75, 3.05) is 65.6 Å². The van der Waals surface area contributed by atoms with Crippen LogP contribution in [0, 0.1) is 0 Å². The molecule has 2 aliphatic rings. The molecule has 342 valence electrons. The van der Waals surface area contributed by atoms with E-state index in [0.717, 1.165) is 77.7 Å². The van der Waals surface area contributed by atoms with E-state index in [-0.39, 0.29) is 5.91 Å². The number of amides is 1. The molecule has 0 atom stereocenters. The van der Waals surface area contributed by atoms with Gasteiger partial charge in [-0.1, -0.05) is 12.1 Å². The largest absolute Gasteiger partial charge is 0.490 e. The van der Waals surface area contributed by atoms with Crippen molar-refractivity contribution in [1.29, 1.82) is 0 Å². The summed E-state index contributed by atoms with van der Waals surface area (Å²) in [5.74, 6) is -14.1. The van der Waals surface area contributed by atoms with Crippen molar-refractivity contribution in [3.8, 4) is 0 Å². The SMILES string of the molecule is NC(=O)c1cccc(CN2CCN(CCN3CCOCC3)CC2)c1.O=C(O)C(F)(F)F.O=C(O)C(F)(F)F.O=C(O)C(F)(F)F.O=C(O)C(F)(F)F.O=C(O)C(F)(F)F. The summed E-state index contributed by atoms with van der Waals surface area (Å²) < 4.78 is 164. The minimum Gasteiger partial charge on any atom is -0.475 e. The number of carbonyl (C=O) groups excluding carboxylic acids is 1. The van der Waals surface area contributed by atoms with E-state index < -0.39 is 60.7 Å². The number of hydrogen-bond donors (Lipinski definition) is 6. The molecule has 0 bridgehead atoms. The predicted molar refractivity (Wildman–Crippen MR) is 162 cm³/mol. The van der Waals surface area contributed by atoms with Crippen LogP contribution in [0.2, 0.25) is 0 Å². The maximum Gasteiger partial charge on any atom is 0.490 e. The maximum absolute atomic E-state index is 11.3. The minimum atomic E-state index is -5.08. The molecule has 7 N–H and O–H groups in total. The Bertz CT molecular complexity index is 1330. The van der Waals surface area contributed by atoms with E-state index in [0.29, 0.717) is 5.56 Å². The molecule has 59 heavy (non-hydrogen) atoms. The Kier molecular flexibility index (Phi) is 25.7. The molecular formula is C28H33F15N4O12. The van der Waals surface area contributed by atoms with Crippen molar-refractivity contribution < 1.29 is 125 Å². The summed E-state index contributed by atoms with van der Waals surface area (Å²) in [7, 11) is 0. The zero-order chi connectivity index (χ0) is 47.2. The van der Waals surface area contributed by atoms with Crippen molar-refractivity contribution in [2.24, 2.45) is 5.73 Å². The van der Waals surface area contributed by atoms with Crippen LogP contribution in [0.25, 0.3) is 0 Å². The monoisotopic (exact) mass is 902 g/mol. The number of carboxylic acid groups (broad SMARTS) is 5. The van der Waals surface area contributed by atoms with E-state index in [1.807, 2.05) is 12.1 Å². The summed E-state index contributed by atoms with van der Waals surface area (Å²) in [6.45, 7) is 11.4. The van der Waals surface area contributed by atoms with Gasteiger partial charge in [0.2, 0.25) is 5.91 Å². The number of primary amides is 1. The molecule has 0 radical (unpaired) electrons. The standard InChI is InChI=1S/C18H28N4O2.5C2HF3O2/c19-18(23)17-3-1-2-16(14-17)15-22-8-6-20(7-9-22)4-5-21-10-12-24-13-11-21;5*3-2(4,5)1(6)7/h1-3,14H,4-13,15H2,(H2,19,23);5*(H,6,7). The van der Waals surface area contributed by atoms with Gasteiger partial charge in [-0.3, -0.25) is 19.5 Å². The number of carbonyl (C=O) groups is 6. The summed E-state index contributed by atoms with van der Waals surface area (Å²) in [5, 5.41) is 35.6. The summed E-state index contributed by atoms with van der Waals surface area (Å²) in [5.41, 5.74) is 7.11. The molecule has 2 heterocycles. The minimum absolute atomic E-state index is 0.357. The van der Waals surface area contributed by atoms with E-state index >= 15 is 0 Å². The van der Waals surface area contributed by atoms with E-state index in [1.54, 1.807) is 6.07 Å². The zero-order valence-corrected chi connectivity index (χ0v) is 29.3. The first kappa shape index (κ1) is 58.1. The van der Waals surface area contributed by atoms with Crippen molar-refractivity contribution in [3.05, 3.63) is 35.4 Å². The fourth-order valence-electron chi connectivity index (χ4n) is 3.36. The molecule has 16 nitrogen and oxygen atoms in total. The number of carboxylic acids is 5. The van der Waals surface area contributed by atoms with Crippen LogP contribution < -0.4 is 5.73 Å². The second-order valence-corrected chi connectivity index (χ2v) is 10.7. The number of alkyl halides is 15. The fourth-order valence-corrected chi connectivity index (χ4v) is 3.36. The molecule has 0 unspecified atom stereocenters. The van der Waals surface area contributed by atoms with Crippen LogP contribution in [0.4, 0.5) is 65.9 Å². The summed E-state index contributed by atoms with van der Waals surface area (Å²) in [6, 6.07) is 7.66. The molecule has 31 heteroatoms. The van der Waals surface area contributed by atoms with Gasteiger partial charge in [0.05, 0.1) is 13.2 Å². The Morgan fingerprint density at radius 2 is 0.780 bits per heavy atom. The molecule has 1 aromatic carbocycles.